The van der Waals surface area contributed by atoms with Crippen LogP contribution in [0.1, 0.15) is 5.56 Å². The summed E-state index contributed by atoms with van der Waals surface area (Å²) in [4.78, 5) is 16.7. The van der Waals surface area contributed by atoms with Gasteiger partial charge in [-0.25, -0.2) is 0 Å². The molecule has 17 heavy (non-hydrogen) atoms. The smallest absolute Gasteiger partial charge is 0.227 e. The summed E-state index contributed by atoms with van der Waals surface area (Å²) >= 11 is 0. The van der Waals surface area contributed by atoms with Crippen LogP contribution < -0.4 is 0 Å². The number of para-hydroxylation sites is 1. The number of benzene rings is 1. The third-order valence-corrected chi connectivity index (χ3v) is 3.23. The third-order valence-electron chi connectivity index (χ3n) is 3.23. The van der Waals surface area contributed by atoms with E-state index in [-0.39, 0.29) is 12.0 Å². The molecule has 0 unspecified atom stereocenters. The highest BCUT2D eigenvalue weighted by molar-refractivity contribution is 5.89. The molecule has 1 saturated heterocycles. The molecule has 1 aliphatic heterocycles. The first-order valence-corrected chi connectivity index (χ1v) is 5.75. The number of H-pyrrole nitrogens is 1. The summed E-state index contributed by atoms with van der Waals surface area (Å²) in [5.41, 5.74) is 2.07. The average Bonchev–Trinajstić information content (AvgIpc) is 2.69. The highest BCUT2D eigenvalue weighted by Gasteiger charge is 2.28. The van der Waals surface area contributed by atoms with E-state index in [9.17, 15) is 4.79 Å². The summed E-state index contributed by atoms with van der Waals surface area (Å²) in [6.07, 6.45) is 1.96. The van der Waals surface area contributed by atoms with Gasteiger partial charge in [0.05, 0.1) is 12.5 Å². The van der Waals surface area contributed by atoms with Crippen molar-refractivity contribution in [1.29, 1.82) is 0 Å². The molecule has 0 bridgehead atoms. The van der Waals surface area contributed by atoms with E-state index in [0.29, 0.717) is 19.5 Å². The number of likely N-dealkylation sites (tertiary alicyclic amines) is 1. The Hall–Kier alpha value is -1.81. The predicted molar refractivity (Wildman–Crippen MR) is 64.6 cm³/mol. The number of carbonyl (C=O) groups is 1. The van der Waals surface area contributed by atoms with Crippen LogP contribution in [0.4, 0.5) is 0 Å². The molecule has 2 aromatic rings. The second kappa shape index (κ2) is 3.89. The van der Waals surface area contributed by atoms with Crippen molar-refractivity contribution in [2.45, 2.75) is 12.5 Å². The maximum absolute atomic E-state index is 11.9. The fraction of sp³-hybridized carbons (Fsp3) is 0.308. The van der Waals surface area contributed by atoms with Crippen LogP contribution in [0.5, 0.6) is 0 Å². The second-order valence-corrected chi connectivity index (χ2v) is 4.49. The maximum Gasteiger partial charge on any atom is 0.227 e. The summed E-state index contributed by atoms with van der Waals surface area (Å²) in [5, 5.41) is 10.3. The number of aliphatic hydroxyl groups excluding tert-OH is 1. The minimum atomic E-state index is -0.332. The van der Waals surface area contributed by atoms with E-state index in [0.717, 1.165) is 16.5 Å². The number of aromatic nitrogens is 1. The van der Waals surface area contributed by atoms with Crippen LogP contribution in [0.2, 0.25) is 0 Å². The lowest BCUT2D eigenvalue weighted by Crippen LogP contribution is -2.53. The number of aliphatic hydroxyl groups is 1. The van der Waals surface area contributed by atoms with Crippen molar-refractivity contribution >= 4 is 16.8 Å². The van der Waals surface area contributed by atoms with Gasteiger partial charge in [0.15, 0.2) is 0 Å². The first kappa shape index (κ1) is 10.4. The number of aromatic amines is 1. The molecule has 0 spiro atoms. The monoisotopic (exact) mass is 230 g/mol. The molecule has 0 aliphatic carbocycles. The van der Waals surface area contributed by atoms with E-state index in [1.165, 1.54) is 0 Å². The minimum Gasteiger partial charge on any atom is -0.389 e. The average molecular weight is 230 g/mol. The Morgan fingerprint density at radius 2 is 2.18 bits per heavy atom. The van der Waals surface area contributed by atoms with Gasteiger partial charge in [-0.2, -0.15) is 0 Å². The molecule has 1 amide bonds. The van der Waals surface area contributed by atoms with Gasteiger partial charge in [0.2, 0.25) is 5.91 Å². The summed E-state index contributed by atoms with van der Waals surface area (Å²) in [7, 11) is 0. The van der Waals surface area contributed by atoms with Crippen LogP contribution in [0.15, 0.2) is 30.5 Å². The fourth-order valence-electron chi connectivity index (χ4n) is 2.21. The van der Waals surface area contributed by atoms with Crippen LogP contribution in [-0.4, -0.2) is 40.1 Å². The highest BCUT2D eigenvalue weighted by atomic mass is 16.3. The Morgan fingerprint density at radius 1 is 1.41 bits per heavy atom. The van der Waals surface area contributed by atoms with Gasteiger partial charge in [-0.15, -0.1) is 0 Å². The number of carbonyl (C=O) groups excluding carboxylic acids is 1. The zero-order valence-electron chi connectivity index (χ0n) is 9.39. The Kier molecular flexibility index (Phi) is 2.37. The number of amides is 1. The van der Waals surface area contributed by atoms with Crippen LogP contribution in [0.3, 0.4) is 0 Å². The molecule has 2 N–H and O–H groups in total. The van der Waals surface area contributed by atoms with Crippen LogP contribution in [0, 0.1) is 0 Å². The molecular weight excluding hydrogens is 216 g/mol. The molecule has 4 nitrogen and oxygen atoms in total. The largest absolute Gasteiger partial charge is 0.389 e. The molecule has 2 heterocycles. The molecule has 0 radical (unpaired) electrons. The standard InChI is InChI=1S/C13H14N2O2/c16-10-7-15(8-10)13(17)5-9-6-14-12-4-2-1-3-11(9)12/h1-4,6,10,14,16H,5,7-8H2. The van der Waals surface area contributed by atoms with Crippen LogP contribution in [0.25, 0.3) is 10.9 Å². The van der Waals surface area contributed by atoms with Gasteiger partial charge >= 0.3 is 0 Å². The molecule has 0 atom stereocenters. The number of nitrogens with one attached hydrogen (secondary N) is 1. The third kappa shape index (κ3) is 1.80. The SMILES string of the molecule is O=C(Cc1c[nH]c2ccccc12)N1CC(O)C1. The zero-order chi connectivity index (χ0) is 11.8. The van der Waals surface area contributed by atoms with Gasteiger partial charge < -0.3 is 15.0 Å². The Bertz CT molecular complexity index is 555. The quantitative estimate of drug-likeness (QED) is 0.805. The van der Waals surface area contributed by atoms with Gasteiger partial charge in [-0.1, -0.05) is 18.2 Å². The van der Waals surface area contributed by atoms with E-state index >= 15 is 0 Å². The Morgan fingerprint density at radius 3 is 2.94 bits per heavy atom. The maximum atomic E-state index is 11.9. The molecule has 88 valence electrons. The number of hydrogen-bond acceptors (Lipinski definition) is 2. The summed E-state index contributed by atoms with van der Waals surface area (Å²) in [5.74, 6) is 0.0834. The number of nitrogens with zero attached hydrogens (tertiary/aromatic N) is 1. The Labute approximate surface area is 98.9 Å². The van der Waals surface area contributed by atoms with E-state index in [2.05, 4.69) is 4.98 Å². The van der Waals surface area contributed by atoms with E-state index < -0.39 is 0 Å². The van der Waals surface area contributed by atoms with Crippen molar-refractivity contribution < 1.29 is 9.90 Å². The van der Waals surface area contributed by atoms with Crippen molar-refractivity contribution in [3.8, 4) is 0 Å². The predicted octanol–water partition coefficient (Wildman–Crippen LogP) is 0.913. The topological polar surface area (TPSA) is 56.3 Å². The zero-order valence-corrected chi connectivity index (χ0v) is 9.39. The van der Waals surface area contributed by atoms with Crippen LogP contribution in [-0.2, 0) is 11.2 Å². The molecular formula is C13H14N2O2. The van der Waals surface area contributed by atoms with Gasteiger partial charge in [0.1, 0.15) is 0 Å². The van der Waals surface area contributed by atoms with Crippen molar-refractivity contribution in [3.05, 3.63) is 36.0 Å². The van der Waals surface area contributed by atoms with Gasteiger partial charge in [0, 0.05) is 30.2 Å². The minimum absolute atomic E-state index is 0.0834. The van der Waals surface area contributed by atoms with Crippen molar-refractivity contribution in [2.24, 2.45) is 0 Å². The first-order valence-electron chi connectivity index (χ1n) is 5.75. The fourth-order valence-corrected chi connectivity index (χ4v) is 2.21. The Balaban J connectivity index is 1.78. The van der Waals surface area contributed by atoms with E-state index in [1.807, 2.05) is 30.5 Å². The van der Waals surface area contributed by atoms with Gasteiger partial charge in [-0.3, -0.25) is 4.79 Å². The normalized spacial score (nSPS) is 16.2. The summed E-state index contributed by atoms with van der Waals surface area (Å²) in [6.45, 7) is 0.947. The van der Waals surface area contributed by atoms with E-state index in [1.54, 1.807) is 4.90 Å². The lowest BCUT2D eigenvalue weighted by molar-refractivity contribution is -0.140. The summed E-state index contributed by atoms with van der Waals surface area (Å²) in [6, 6.07) is 7.95. The number of β-amino-alcohol motifs (C(OH)–C–C–N with tert-alkyl or cyclic N) is 1. The number of fused-ring (bicyclic) bond motifs is 1. The first-order chi connectivity index (χ1) is 8.24. The molecule has 1 fully saturated rings. The molecule has 0 saturated carbocycles. The van der Waals surface area contributed by atoms with E-state index in [4.69, 9.17) is 5.11 Å². The molecule has 1 aromatic heterocycles. The van der Waals surface area contributed by atoms with Crippen molar-refractivity contribution in [1.82, 2.24) is 9.88 Å². The lowest BCUT2D eigenvalue weighted by Gasteiger charge is -2.35. The summed E-state index contributed by atoms with van der Waals surface area (Å²) < 4.78 is 0. The molecule has 4 heteroatoms. The molecule has 3 rings (SSSR count). The van der Waals surface area contributed by atoms with Gasteiger partial charge in [-0.05, 0) is 11.6 Å². The van der Waals surface area contributed by atoms with Crippen molar-refractivity contribution in [3.63, 3.8) is 0 Å². The highest BCUT2D eigenvalue weighted by Crippen LogP contribution is 2.19. The second-order valence-electron chi connectivity index (χ2n) is 4.49. The van der Waals surface area contributed by atoms with Crippen LogP contribution >= 0.6 is 0 Å². The number of hydrogen-bond donors (Lipinski definition) is 2. The molecule has 1 aliphatic rings. The molecule has 1 aromatic carbocycles. The van der Waals surface area contributed by atoms with Gasteiger partial charge in [0.25, 0.3) is 0 Å². The number of rotatable bonds is 2. The lowest BCUT2D eigenvalue weighted by atomic mass is 10.1. The van der Waals surface area contributed by atoms with Crippen molar-refractivity contribution in [2.75, 3.05) is 13.1 Å².